The molecule has 0 aromatic carbocycles. The highest BCUT2D eigenvalue weighted by molar-refractivity contribution is 5.82. The van der Waals surface area contributed by atoms with Crippen molar-refractivity contribution in [2.75, 3.05) is 13.1 Å². The lowest BCUT2D eigenvalue weighted by Gasteiger charge is -2.36. The predicted molar refractivity (Wildman–Crippen MR) is 50.1 cm³/mol. The van der Waals surface area contributed by atoms with Gasteiger partial charge in [0.15, 0.2) is 0 Å². The van der Waals surface area contributed by atoms with E-state index in [0.29, 0.717) is 11.8 Å². The van der Waals surface area contributed by atoms with Crippen molar-refractivity contribution in [3.63, 3.8) is 0 Å². The van der Waals surface area contributed by atoms with Crippen LogP contribution in [-0.4, -0.2) is 29.8 Å². The third-order valence-corrected chi connectivity index (χ3v) is 2.96. The zero-order valence-corrected chi connectivity index (χ0v) is 8.34. The van der Waals surface area contributed by atoms with E-state index < -0.39 is 0 Å². The highest BCUT2D eigenvalue weighted by Crippen LogP contribution is 2.19. The van der Waals surface area contributed by atoms with E-state index in [9.17, 15) is 4.79 Å². The SMILES string of the molecule is CCCN1CCC(=O)C(C)C1C. The van der Waals surface area contributed by atoms with Gasteiger partial charge in [-0.1, -0.05) is 13.8 Å². The number of ketones is 1. The lowest BCUT2D eigenvalue weighted by molar-refractivity contribution is -0.127. The molecule has 1 aliphatic rings. The minimum atomic E-state index is 0.241. The third-order valence-electron chi connectivity index (χ3n) is 2.96. The van der Waals surface area contributed by atoms with Crippen LogP contribution in [0.4, 0.5) is 0 Å². The molecule has 1 aliphatic heterocycles. The molecule has 2 nitrogen and oxygen atoms in total. The molecule has 2 atom stereocenters. The second-order valence-corrected chi connectivity index (χ2v) is 3.78. The van der Waals surface area contributed by atoms with Gasteiger partial charge in [-0.15, -0.1) is 0 Å². The Morgan fingerprint density at radius 1 is 1.50 bits per heavy atom. The van der Waals surface area contributed by atoms with E-state index in [1.54, 1.807) is 0 Å². The molecule has 1 saturated heterocycles. The number of likely N-dealkylation sites (tertiary alicyclic amines) is 1. The second-order valence-electron chi connectivity index (χ2n) is 3.78. The van der Waals surface area contributed by atoms with Crippen LogP contribution < -0.4 is 0 Å². The van der Waals surface area contributed by atoms with Crippen molar-refractivity contribution in [1.29, 1.82) is 0 Å². The molecule has 2 heteroatoms. The fraction of sp³-hybridized carbons (Fsp3) is 0.900. The number of hydrogen-bond acceptors (Lipinski definition) is 2. The van der Waals surface area contributed by atoms with E-state index in [-0.39, 0.29) is 5.92 Å². The van der Waals surface area contributed by atoms with Gasteiger partial charge in [0, 0.05) is 24.9 Å². The van der Waals surface area contributed by atoms with Gasteiger partial charge in [-0.25, -0.2) is 0 Å². The standard InChI is InChI=1S/C10H19NO/c1-4-6-11-7-5-10(12)8(2)9(11)3/h8-9H,4-7H2,1-3H3. The number of rotatable bonds is 2. The van der Waals surface area contributed by atoms with Gasteiger partial charge in [0.05, 0.1) is 0 Å². The number of carbonyl (C=O) groups is 1. The fourth-order valence-corrected chi connectivity index (χ4v) is 1.87. The first-order chi connectivity index (χ1) is 5.66. The van der Waals surface area contributed by atoms with Crippen LogP contribution in [0.3, 0.4) is 0 Å². The molecular weight excluding hydrogens is 150 g/mol. The van der Waals surface area contributed by atoms with Gasteiger partial charge in [0.1, 0.15) is 5.78 Å². The molecule has 0 saturated carbocycles. The van der Waals surface area contributed by atoms with E-state index in [1.165, 1.54) is 6.42 Å². The summed E-state index contributed by atoms with van der Waals surface area (Å²) in [5, 5.41) is 0. The van der Waals surface area contributed by atoms with Crippen LogP contribution in [0.25, 0.3) is 0 Å². The minimum absolute atomic E-state index is 0.241. The van der Waals surface area contributed by atoms with Gasteiger partial charge in [-0.3, -0.25) is 9.69 Å². The Labute approximate surface area is 74.9 Å². The van der Waals surface area contributed by atoms with Gasteiger partial charge >= 0.3 is 0 Å². The Morgan fingerprint density at radius 2 is 2.17 bits per heavy atom. The van der Waals surface area contributed by atoms with Gasteiger partial charge in [-0.2, -0.15) is 0 Å². The van der Waals surface area contributed by atoms with E-state index in [2.05, 4.69) is 25.7 Å². The maximum Gasteiger partial charge on any atom is 0.138 e. The van der Waals surface area contributed by atoms with Crippen LogP contribution in [0.15, 0.2) is 0 Å². The molecule has 0 radical (unpaired) electrons. The van der Waals surface area contributed by atoms with E-state index in [4.69, 9.17) is 0 Å². The molecule has 0 aromatic rings. The monoisotopic (exact) mass is 169 g/mol. The third kappa shape index (κ3) is 1.86. The van der Waals surface area contributed by atoms with Crippen molar-refractivity contribution < 1.29 is 4.79 Å². The molecular formula is C10H19NO. The summed E-state index contributed by atoms with van der Waals surface area (Å²) in [5.74, 6) is 0.681. The van der Waals surface area contributed by atoms with Crippen molar-refractivity contribution >= 4 is 5.78 Å². The van der Waals surface area contributed by atoms with Gasteiger partial charge < -0.3 is 0 Å². The Hall–Kier alpha value is -0.370. The highest BCUT2D eigenvalue weighted by Gasteiger charge is 2.29. The van der Waals surface area contributed by atoms with E-state index in [1.807, 2.05) is 0 Å². The van der Waals surface area contributed by atoms with Crippen molar-refractivity contribution in [2.45, 2.75) is 39.7 Å². The summed E-state index contributed by atoms with van der Waals surface area (Å²) in [4.78, 5) is 13.8. The Morgan fingerprint density at radius 3 is 2.75 bits per heavy atom. The number of Topliss-reactive ketones (excluding diaryl/α,β-unsaturated/α-hetero) is 1. The van der Waals surface area contributed by atoms with E-state index in [0.717, 1.165) is 19.5 Å². The number of carbonyl (C=O) groups excluding carboxylic acids is 1. The van der Waals surface area contributed by atoms with Gasteiger partial charge in [0.25, 0.3) is 0 Å². The van der Waals surface area contributed by atoms with Gasteiger partial charge in [-0.05, 0) is 19.9 Å². The zero-order valence-electron chi connectivity index (χ0n) is 8.34. The Bertz CT molecular complexity index is 167. The van der Waals surface area contributed by atoms with Crippen LogP contribution in [0.5, 0.6) is 0 Å². The van der Waals surface area contributed by atoms with E-state index >= 15 is 0 Å². The highest BCUT2D eigenvalue weighted by atomic mass is 16.1. The quantitative estimate of drug-likeness (QED) is 0.627. The average Bonchev–Trinajstić information content (AvgIpc) is 2.07. The largest absolute Gasteiger partial charge is 0.300 e. The lowest BCUT2D eigenvalue weighted by Crippen LogP contribution is -2.46. The van der Waals surface area contributed by atoms with Crippen molar-refractivity contribution in [3.05, 3.63) is 0 Å². The summed E-state index contributed by atoms with van der Waals surface area (Å²) in [7, 11) is 0. The predicted octanol–water partition coefficient (Wildman–Crippen LogP) is 1.70. The van der Waals surface area contributed by atoms with Crippen LogP contribution in [0.1, 0.15) is 33.6 Å². The molecule has 1 fully saturated rings. The first kappa shape index (κ1) is 9.72. The summed E-state index contributed by atoms with van der Waals surface area (Å²) < 4.78 is 0. The average molecular weight is 169 g/mol. The lowest BCUT2D eigenvalue weighted by atomic mass is 9.91. The molecule has 0 spiro atoms. The molecule has 12 heavy (non-hydrogen) atoms. The topological polar surface area (TPSA) is 20.3 Å². The Balaban J connectivity index is 2.52. The summed E-state index contributed by atoms with van der Waals surface area (Å²) in [6.07, 6.45) is 1.94. The Kier molecular flexibility index (Phi) is 3.27. The summed E-state index contributed by atoms with van der Waals surface area (Å²) >= 11 is 0. The summed E-state index contributed by atoms with van der Waals surface area (Å²) in [6.45, 7) is 8.51. The first-order valence-corrected chi connectivity index (χ1v) is 4.93. The maximum atomic E-state index is 11.3. The molecule has 0 amide bonds. The van der Waals surface area contributed by atoms with Crippen LogP contribution in [-0.2, 0) is 4.79 Å². The number of hydrogen-bond donors (Lipinski definition) is 0. The van der Waals surface area contributed by atoms with Crippen molar-refractivity contribution in [3.8, 4) is 0 Å². The summed E-state index contributed by atoms with van der Waals surface area (Å²) in [6, 6.07) is 0.450. The van der Waals surface area contributed by atoms with Crippen molar-refractivity contribution in [1.82, 2.24) is 4.90 Å². The molecule has 70 valence electrons. The molecule has 1 heterocycles. The number of piperidine rings is 1. The molecule has 0 aliphatic carbocycles. The normalized spacial score (nSPS) is 32.4. The fourth-order valence-electron chi connectivity index (χ4n) is 1.87. The molecule has 2 unspecified atom stereocenters. The zero-order chi connectivity index (χ0) is 9.14. The molecule has 1 rings (SSSR count). The minimum Gasteiger partial charge on any atom is -0.300 e. The molecule has 0 aromatic heterocycles. The maximum absolute atomic E-state index is 11.3. The van der Waals surface area contributed by atoms with Crippen LogP contribution in [0, 0.1) is 5.92 Å². The molecule has 0 bridgehead atoms. The smallest absolute Gasteiger partial charge is 0.138 e. The first-order valence-electron chi connectivity index (χ1n) is 4.93. The van der Waals surface area contributed by atoms with Crippen molar-refractivity contribution in [2.24, 2.45) is 5.92 Å². The van der Waals surface area contributed by atoms with Crippen LogP contribution >= 0.6 is 0 Å². The van der Waals surface area contributed by atoms with Gasteiger partial charge in [0.2, 0.25) is 0 Å². The molecule has 0 N–H and O–H groups in total. The van der Waals surface area contributed by atoms with Crippen LogP contribution in [0.2, 0.25) is 0 Å². The summed E-state index contributed by atoms with van der Waals surface area (Å²) in [5.41, 5.74) is 0. The second kappa shape index (κ2) is 4.04. The number of nitrogens with zero attached hydrogens (tertiary/aromatic N) is 1.